The molecule has 2 aromatic rings. The van der Waals surface area contributed by atoms with Gasteiger partial charge in [0.05, 0.1) is 22.8 Å². The lowest BCUT2D eigenvalue weighted by atomic mass is 9.87. The second-order valence-electron chi connectivity index (χ2n) is 7.38. The Morgan fingerprint density at radius 1 is 1.00 bits per heavy atom. The second-order valence-corrected chi connectivity index (χ2v) is 9.24. The number of rotatable bonds is 2. The summed E-state index contributed by atoms with van der Waals surface area (Å²) < 4.78 is 41.7. The molecule has 0 saturated heterocycles. The van der Waals surface area contributed by atoms with Crippen molar-refractivity contribution >= 4 is 21.4 Å². The predicted octanol–water partition coefficient (Wildman–Crippen LogP) is 3.77. The van der Waals surface area contributed by atoms with Gasteiger partial charge in [-0.3, -0.25) is 4.31 Å². The van der Waals surface area contributed by atoms with Crippen molar-refractivity contribution in [3.05, 3.63) is 53.8 Å². The van der Waals surface area contributed by atoms with Crippen LogP contribution in [0.4, 0.5) is 15.8 Å². The van der Waals surface area contributed by atoms with Crippen LogP contribution in [0.25, 0.3) is 0 Å². The first-order chi connectivity index (χ1) is 11.6. The van der Waals surface area contributed by atoms with Crippen LogP contribution < -0.4 is 9.21 Å². The van der Waals surface area contributed by atoms with E-state index in [9.17, 15) is 12.8 Å². The summed E-state index contributed by atoms with van der Waals surface area (Å²) in [5.74, 6) is -0.414. The molecule has 0 aromatic heterocycles. The molecule has 134 valence electrons. The molecule has 1 heterocycles. The molecule has 0 aliphatic carbocycles. The maximum absolute atomic E-state index is 14.2. The van der Waals surface area contributed by atoms with Crippen molar-refractivity contribution in [1.29, 1.82) is 0 Å². The number of para-hydroxylation sites is 1. The van der Waals surface area contributed by atoms with Gasteiger partial charge in [-0.2, -0.15) is 0 Å². The molecule has 6 heteroatoms. The molecule has 0 saturated carbocycles. The summed E-state index contributed by atoms with van der Waals surface area (Å²) in [6, 6.07) is 11.5. The van der Waals surface area contributed by atoms with Crippen LogP contribution in [0, 0.1) is 5.82 Å². The quantitative estimate of drug-likeness (QED) is 0.817. The van der Waals surface area contributed by atoms with Crippen LogP contribution in [0.5, 0.6) is 0 Å². The van der Waals surface area contributed by atoms with Gasteiger partial charge >= 0.3 is 0 Å². The highest BCUT2D eigenvalue weighted by atomic mass is 32.2. The van der Waals surface area contributed by atoms with Gasteiger partial charge in [-0.1, -0.05) is 39.0 Å². The van der Waals surface area contributed by atoms with E-state index in [1.54, 1.807) is 36.2 Å². The molecule has 0 radical (unpaired) electrons. The molecule has 1 aliphatic rings. The number of fused-ring (bicyclic) bond motifs is 1. The Bertz CT molecular complexity index is 887. The van der Waals surface area contributed by atoms with E-state index < -0.39 is 15.8 Å². The van der Waals surface area contributed by atoms with E-state index in [1.807, 2.05) is 12.1 Å². The van der Waals surface area contributed by atoms with E-state index in [1.165, 1.54) is 10.4 Å². The third-order valence-electron chi connectivity index (χ3n) is 4.56. The van der Waals surface area contributed by atoms with Crippen LogP contribution in [-0.2, 0) is 15.4 Å². The monoisotopic (exact) mass is 362 g/mol. The molecule has 0 unspecified atom stereocenters. The minimum absolute atomic E-state index is 0.0497. The molecule has 0 amide bonds. The van der Waals surface area contributed by atoms with Crippen molar-refractivity contribution < 1.29 is 12.8 Å². The van der Waals surface area contributed by atoms with E-state index in [2.05, 4.69) is 20.8 Å². The fourth-order valence-corrected chi connectivity index (χ4v) is 4.52. The van der Waals surface area contributed by atoms with Crippen LogP contribution in [0.15, 0.2) is 47.4 Å². The zero-order valence-electron chi connectivity index (χ0n) is 15.0. The minimum atomic E-state index is -3.74. The van der Waals surface area contributed by atoms with E-state index in [4.69, 9.17) is 0 Å². The predicted molar refractivity (Wildman–Crippen MR) is 99.3 cm³/mol. The Kier molecular flexibility index (Phi) is 4.27. The molecule has 0 fully saturated rings. The number of halogens is 1. The van der Waals surface area contributed by atoms with Crippen LogP contribution >= 0.6 is 0 Å². The number of benzene rings is 2. The average Bonchev–Trinajstić information content (AvgIpc) is 2.54. The molecule has 0 bridgehead atoms. The van der Waals surface area contributed by atoms with Crippen LogP contribution in [0.2, 0.25) is 0 Å². The molecule has 0 atom stereocenters. The summed E-state index contributed by atoms with van der Waals surface area (Å²) in [5.41, 5.74) is 1.72. The molecular formula is C19H23FN2O2S. The molecule has 0 spiro atoms. The highest BCUT2D eigenvalue weighted by molar-refractivity contribution is 7.92. The third-order valence-corrected chi connectivity index (χ3v) is 6.39. The van der Waals surface area contributed by atoms with E-state index in [-0.39, 0.29) is 16.9 Å². The molecule has 1 aliphatic heterocycles. The van der Waals surface area contributed by atoms with Gasteiger partial charge in [0.1, 0.15) is 5.82 Å². The summed E-state index contributed by atoms with van der Waals surface area (Å²) >= 11 is 0. The number of nitrogens with zero attached hydrogens (tertiary/aromatic N) is 2. The normalized spacial score (nSPS) is 15.2. The standard InChI is InChI=1S/C19H23FN2O2S/c1-19(2,3)14-8-10-15(11-9-14)25(23,24)22-13-12-21(4)18-16(20)6-5-7-17(18)22/h5-11H,12-13H2,1-4H3. The third kappa shape index (κ3) is 3.11. The summed E-state index contributed by atoms with van der Waals surface area (Å²) in [6.07, 6.45) is 0. The molecule has 0 N–H and O–H groups in total. The van der Waals surface area contributed by atoms with Gasteiger partial charge in [0.15, 0.2) is 0 Å². The Morgan fingerprint density at radius 3 is 2.24 bits per heavy atom. The molecule has 2 aromatic carbocycles. The number of likely N-dealkylation sites (N-methyl/N-ethyl adjacent to an activating group) is 1. The first kappa shape index (κ1) is 17.7. The van der Waals surface area contributed by atoms with Gasteiger partial charge < -0.3 is 4.90 Å². The van der Waals surface area contributed by atoms with Gasteiger partial charge in [-0.25, -0.2) is 12.8 Å². The number of hydrogen-bond donors (Lipinski definition) is 0. The van der Waals surface area contributed by atoms with Crippen molar-refractivity contribution in [2.75, 3.05) is 29.3 Å². The SMILES string of the molecule is CN1CCN(S(=O)(=O)c2ccc(C(C)(C)C)cc2)c2cccc(F)c21. The Morgan fingerprint density at radius 2 is 1.64 bits per heavy atom. The molecule has 25 heavy (non-hydrogen) atoms. The van der Waals surface area contributed by atoms with Gasteiger partial charge in [-0.05, 0) is 35.2 Å². The zero-order valence-corrected chi connectivity index (χ0v) is 15.8. The maximum atomic E-state index is 14.2. The van der Waals surface area contributed by atoms with Crippen LogP contribution in [0.3, 0.4) is 0 Å². The highest BCUT2D eigenvalue weighted by Gasteiger charge is 2.32. The summed E-state index contributed by atoms with van der Waals surface area (Å²) in [6.45, 7) is 6.96. The number of anilines is 2. The van der Waals surface area contributed by atoms with Gasteiger partial charge in [0.2, 0.25) is 0 Å². The zero-order chi connectivity index (χ0) is 18.4. The van der Waals surface area contributed by atoms with E-state index in [0.29, 0.717) is 17.9 Å². The topological polar surface area (TPSA) is 40.6 Å². The van der Waals surface area contributed by atoms with Crippen molar-refractivity contribution in [2.24, 2.45) is 0 Å². The number of sulfonamides is 1. The van der Waals surface area contributed by atoms with Crippen LogP contribution in [-0.4, -0.2) is 28.6 Å². The highest BCUT2D eigenvalue weighted by Crippen LogP contribution is 2.37. The van der Waals surface area contributed by atoms with Crippen molar-refractivity contribution in [2.45, 2.75) is 31.1 Å². The van der Waals surface area contributed by atoms with Crippen LogP contribution in [0.1, 0.15) is 26.3 Å². The van der Waals surface area contributed by atoms with Gasteiger partial charge in [-0.15, -0.1) is 0 Å². The fraction of sp³-hybridized carbons (Fsp3) is 0.368. The molecular weight excluding hydrogens is 339 g/mol. The average molecular weight is 362 g/mol. The summed E-state index contributed by atoms with van der Waals surface area (Å²) in [4.78, 5) is 1.97. The summed E-state index contributed by atoms with van der Waals surface area (Å²) in [7, 11) is -1.97. The fourth-order valence-electron chi connectivity index (χ4n) is 3.06. The molecule has 3 rings (SSSR count). The van der Waals surface area contributed by atoms with Gasteiger partial charge in [0, 0.05) is 13.6 Å². The lowest BCUT2D eigenvalue weighted by molar-refractivity contribution is 0.582. The molecule has 4 nitrogen and oxygen atoms in total. The Balaban J connectivity index is 2.05. The summed E-state index contributed by atoms with van der Waals surface area (Å²) in [5, 5.41) is 0. The first-order valence-corrected chi connectivity index (χ1v) is 9.69. The largest absolute Gasteiger partial charge is 0.369 e. The lowest BCUT2D eigenvalue weighted by Gasteiger charge is -2.36. The minimum Gasteiger partial charge on any atom is -0.369 e. The smallest absolute Gasteiger partial charge is 0.264 e. The number of hydrogen-bond acceptors (Lipinski definition) is 3. The van der Waals surface area contributed by atoms with E-state index >= 15 is 0 Å². The lowest BCUT2D eigenvalue weighted by Crippen LogP contribution is -2.43. The van der Waals surface area contributed by atoms with E-state index in [0.717, 1.165) is 5.56 Å². The Labute approximate surface area is 148 Å². The van der Waals surface area contributed by atoms with Crippen molar-refractivity contribution in [1.82, 2.24) is 0 Å². The first-order valence-electron chi connectivity index (χ1n) is 8.25. The Hall–Kier alpha value is -2.08. The maximum Gasteiger partial charge on any atom is 0.264 e. The second kappa shape index (κ2) is 6.02. The van der Waals surface area contributed by atoms with Crippen molar-refractivity contribution in [3.63, 3.8) is 0 Å². The van der Waals surface area contributed by atoms with Gasteiger partial charge in [0.25, 0.3) is 10.0 Å². The van der Waals surface area contributed by atoms with Crippen molar-refractivity contribution in [3.8, 4) is 0 Å².